The predicted octanol–water partition coefficient (Wildman–Crippen LogP) is 5.39. The summed E-state index contributed by atoms with van der Waals surface area (Å²) in [7, 11) is 0. The minimum Gasteiger partial charge on any atom is -0.352 e. The van der Waals surface area contributed by atoms with E-state index in [1.165, 1.54) is 49.1 Å². The van der Waals surface area contributed by atoms with Crippen molar-refractivity contribution in [2.75, 3.05) is 6.54 Å². The van der Waals surface area contributed by atoms with Crippen LogP contribution in [-0.2, 0) is 0 Å². The van der Waals surface area contributed by atoms with Crippen molar-refractivity contribution < 1.29 is 0 Å². The van der Waals surface area contributed by atoms with Crippen molar-refractivity contribution in [1.29, 1.82) is 0 Å². The van der Waals surface area contributed by atoms with Gasteiger partial charge in [0.2, 0.25) is 0 Å². The molecule has 2 atom stereocenters. The Kier molecular flexibility index (Phi) is 5.72. The van der Waals surface area contributed by atoms with E-state index in [1.807, 2.05) is 12.3 Å². The molecule has 0 radical (unpaired) electrons. The minimum atomic E-state index is 0.0977. The molecule has 2 aromatic heterocycles. The lowest BCUT2D eigenvalue weighted by Crippen LogP contribution is -2.30. The van der Waals surface area contributed by atoms with E-state index in [1.54, 1.807) is 0 Å². The van der Waals surface area contributed by atoms with E-state index in [0.29, 0.717) is 6.04 Å². The fourth-order valence-electron chi connectivity index (χ4n) is 5.23. The minimum absolute atomic E-state index is 0.0977. The highest BCUT2D eigenvalue weighted by Gasteiger charge is 2.41. The standard InChI is InChI=1S/C23H32N4S/c1-4-14-26-22(21(25-23(26)28)20-12-8-9-13-24-20)19-15-16(2)27(17(19)3)18-10-6-5-7-11-18/h8-9,12-13,15,18,21-22H,4-7,10-11,14H2,1-3H3,(H,25,28)/t21-,22-/m1/s1. The molecule has 4 nitrogen and oxygen atoms in total. The van der Waals surface area contributed by atoms with Gasteiger partial charge >= 0.3 is 0 Å². The summed E-state index contributed by atoms with van der Waals surface area (Å²) in [5.74, 6) is 0. The maximum Gasteiger partial charge on any atom is 0.170 e. The number of aryl methyl sites for hydroxylation is 1. The smallest absolute Gasteiger partial charge is 0.170 e. The van der Waals surface area contributed by atoms with Crippen LogP contribution < -0.4 is 5.32 Å². The lowest BCUT2D eigenvalue weighted by molar-refractivity contribution is 0.312. The molecular weight excluding hydrogens is 364 g/mol. The third-order valence-electron chi connectivity index (χ3n) is 6.44. The third kappa shape index (κ3) is 3.45. The molecule has 0 spiro atoms. The molecule has 3 heterocycles. The largest absolute Gasteiger partial charge is 0.352 e. The molecule has 2 fully saturated rings. The van der Waals surface area contributed by atoms with Gasteiger partial charge in [-0.2, -0.15) is 0 Å². The van der Waals surface area contributed by atoms with Crippen LogP contribution in [0.5, 0.6) is 0 Å². The molecule has 0 unspecified atom stereocenters. The number of rotatable bonds is 5. The Morgan fingerprint density at radius 3 is 2.64 bits per heavy atom. The number of aromatic nitrogens is 2. The molecule has 0 aromatic carbocycles. The fourth-order valence-corrected chi connectivity index (χ4v) is 5.56. The molecule has 28 heavy (non-hydrogen) atoms. The molecule has 0 amide bonds. The molecule has 2 aromatic rings. The zero-order valence-electron chi connectivity index (χ0n) is 17.3. The molecule has 4 rings (SSSR count). The number of nitrogens with one attached hydrogen (secondary N) is 1. The van der Waals surface area contributed by atoms with Crippen LogP contribution in [0.15, 0.2) is 30.5 Å². The van der Waals surface area contributed by atoms with Gasteiger partial charge in [0.1, 0.15) is 0 Å². The van der Waals surface area contributed by atoms with Gasteiger partial charge in [0.15, 0.2) is 5.11 Å². The second-order valence-electron chi connectivity index (χ2n) is 8.31. The van der Waals surface area contributed by atoms with Gasteiger partial charge in [-0.25, -0.2) is 0 Å². The van der Waals surface area contributed by atoms with Crippen LogP contribution in [-0.4, -0.2) is 26.1 Å². The van der Waals surface area contributed by atoms with Crippen LogP contribution in [0.1, 0.15) is 86.2 Å². The maximum atomic E-state index is 5.75. The van der Waals surface area contributed by atoms with Gasteiger partial charge in [-0.3, -0.25) is 4.98 Å². The second-order valence-corrected chi connectivity index (χ2v) is 8.70. The summed E-state index contributed by atoms with van der Waals surface area (Å²) >= 11 is 5.75. The van der Waals surface area contributed by atoms with Gasteiger partial charge in [0, 0.05) is 30.2 Å². The zero-order chi connectivity index (χ0) is 19.7. The van der Waals surface area contributed by atoms with E-state index < -0.39 is 0 Å². The van der Waals surface area contributed by atoms with Gasteiger partial charge in [0.05, 0.1) is 17.8 Å². The maximum absolute atomic E-state index is 5.75. The Hall–Kier alpha value is -1.88. The Balaban J connectivity index is 1.76. The Labute approximate surface area is 174 Å². The van der Waals surface area contributed by atoms with Crippen molar-refractivity contribution in [3.8, 4) is 0 Å². The number of nitrogens with zero attached hydrogens (tertiary/aromatic N) is 3. The highest BCUT2D eigenvalue weighted by atomic mass is 32.1. The van der Waals surface area contributed by atoms with Gasteiger partial charge in [0.25, 0.3) is 0 Å². The molecule has 150 valence electrons. The van der Waals surface area contributed by atoms with Gasteiger partial charge < -0.3 is 14.8 Å². The van der Waals surface area contributed by atoms with Gasteiger partial charge in [-0.05, 0) is 69.1 Å². The summed E-state index contributed by atoms with van der Waals surface area (Å²) in [5.41, 5.74) is 5.26. The second kappa shape index (κ2) is 8.24. The molecular formula is C23H32N4S. The quantitative estimate of drug-likeness (QED) is 0.687. The predicted molar refractivity (Wildman–Crippen MR) is 118 cm³/mol. The van der Waals surface area contributed by atoms with Crippen LogP contribution >= 0.6 is 12.2 Å². The van der Waals surface area contributed by atoms with Crippen molar-refractivity contribution in [2.24, 2.45) is 0 Å². The third-order valence-corrected chi connectivity index (χ3v) is 6.80. The molecule has 1 aliphatic heterocycles. The molecule has 1 aliphatic carbocycles. The number of hydrogen-bond donors (Lipinski definition) is 1. The van der Waals surface area contributed by atoms with Crippen molar-refractivity contribution in [1.82, 2.24) is 19.8 Å². The summed E-state index contributed by atoms with van der Waals surface area (Å²) in [5, 5.41) is 4.43. The molecule has 2 aliphatic rings. The average molecular weight is 397 g/mol. The SMILES string of the molecule is CCCN1C(=S)N[C@H](c2ccccn2)[C@H]1c1cc(C)n(C2CCCCC2)c1C. The van der Waals surface area contributed by atoms with Crippen LogP contribution in [0.4, 0.5) is 0 Å². The highest BCUT2D eigenvalue weighted by molar-refractivity contribution is 7.80. The first kappa shape index (κ1) is 19.4. The van der Waals surface area contributed by atoms with Crippen molar-refractivity contribution in [3.05, 3.63) is 53.1 Å². The monoisotopic (exact) mass is 396 g/mol. The molecule has 5 heteroatoms. The first-order chi connectivity index (χ1) is 13.6. The van der Waals surface area contributed by atoms with E-state index in [9.17, 15) is 0 Å². The van der Waals surface area contributed by atoms with E-state index >= 15 is 0 Å². The molecule has 1 N–H and O–H groups in total. The molecule has 0 bridgehead atoms. The number of pyridine rings is 1. The normalized spacial score (nSPS) is 23.2. The van der Waals surface area contributed by atoms with Crippen LogP contribution in [0.2, 0.25) is 0 Å². The Bertz CT molecular complexity index is 823. The first-order valence-corrected chi connectivity index (χ1v) is 11.2. The van der Waals surface area contributed by atoms with E-state index in [2.05, 4.69) is 58.7 Å². The van der Waals surface area contributed by atoms with Crippen molar-refractivity contribution in [3.63, 3.8) is 0 Å². The summed E-state index contributed by atoms with van der Waals surface area (Å²) in [6.07, 6.45) is 9.66. The number of hydrogen-bond acceptors (Lipinski definition) is 2. The lowest BCUT2D eigenvalue weighted by Gasteiger charge is -2.29. The summed E-state index contributed by atoms with van der Waals surface area (Å²) in [6, 6.07) is 9.51. The summed E-state index contributed by atoms with van der Waals surface area (Å²) in [4.78, 5) is 7.04. The van der Waals surface area contributed by atoms with Crippen LogP contribution in [0.3, 0.4) is 0 Å². The van der Waals surface area contributed by atoms with Crippen molar-refractivity contribution in [2.45, 2.75) is 77.4 Å². The molecule has 1 saturated heterocycles. The average Bonchev–Trinajstić information content (AvgIpc) is 3.19. The zero-order valence-corrected chi connectivity index (χ0v) is 18.1. The lowest BCUT2D eigenvalue weighted by atomic mass is 9.94. The highest BCUT2D eigenvalue weighted by Crippen LogP contribution is 2.42. The van der Waals surface area contributed by atoms with Gasteiger partial charge in [-0.15, -0.1) is 0 Å². The number of thiocarbonyl (C=S) groups is 1. The van der Waals surface area contributed by atoms with E-state index in [-0.39, 0.29) is 12.1 Å². The summed E-state index contributed by atoms with van der Waals surface area (Å²) < 4.78 is 2.61. The van der Waals surface area contributed by atoms with E-state index in [4.69, 9.17) is 12.2 Å². The fraction of sp³-hybridized carbons (Fsp3) is 0.565. The topological polar surface area (TPSA) is 33.1 Å². The Morgan fingerprint density at radius 2 is 1.96 bits per heavy atom. The molecule has 1 saturated carbocycles. The summed E-state index contributed by atoms with van der Waals surface area (Å²) in [6.45, 7) is 7.76. The van der Waals surface area contributed by atoms with Crippen LogP contribution in [0.25, 0.3) is 0 Å². The van der Waals surface area contributed by atoms with Gasteiger partial charge in [-0.1, -0.05) is 32.3 Å². The van der Waals surface area contributed by atoms with Crippen LogP contribution in [0, 0.1) is 13.8 Å². The Morgan fingerprint density at radius 1 is 1.18 bits per heavy atom. The van der Waals surface area contributed by atoms with E-state index in [0.717, 1.165) is 23.8 Å². The first-order valence-electron chi connectivity index (χ1n) is 10.8. The van der Waals surface area contributed by atoms with Crippen molar-refractivity contribution >= 4 is 17.3 Å².